The van der Waals surface area contributed by atoms with Gasteiger partial charge in [0.2, 0.25) is 10.0 Å². The van der Waals surface area contributed by atoms with E-state index in [4.69, 9.17) is 9.47 Å². The van der Waals surface area contributed by atoms with Crippen molar-refractivity contribution in [3.8, 4) is 11.3 Å². The number of thiazole rings is 1. The Labute approximate surface area is 211 Å². The molecule has 1 N–H and O–H groups in total. The van der Waals surface area contributed by atoms with E-state index in [1.54, 1.807) is 0 Å². The predicted molar refractivity (Wildman–Crippen MR) is 139 cm³/mol. The van der Waals surface area contributed by atoms with E-state index in [0.717, 1.165) is 11.3 Å². The zero-order chi connectivity index (χ0) is 25.4. The lowest BCUT2D eigenvalue weighted by Gasteiger charge is -2.21. The van der Waals surface area contributed by atoms with Crippen LogP contribution < -0.4 is 5.32 Å². The lowest BCUT2D eigenvalue weighted by molar-refractivity contribution is 0.102. The van der Waals surface area contributed by atoms with Gasteiger partial charge >= 0.3 is 0 Å². The van der Waals surface area contributed by atoms with Crippen LogP contribution in [0.15, 0.2) is 58.8 Å². The third kappa shape index (κ3) is 6.96. The summed E-state index contributed by atoms with van der Waals surface area (Å²) in [7, 11) is -0.719. The summed E-state index contributed by atoms with van der Waals surface area (Å²) in [5.41, 5.74) is 3.35. The highest BCUT2D eigenvalue weighted by Gasteiger charge is 2.24. The van der Waals surface area contributed by atoms with Gasteiger partial charge in [0.1, 0.15) is 0 Å². The number of nitrogens with one attached hydrogen (secondary N) is 1. The van der Waals surface area contributed by atoms with Gasteiger partial charge in [-0.3, -0.25) is 10.1 Å². The monoisotopic (exact) mass is 517 g/mol. The molecule has 0 spiro atoms. The van der Waals surface area contributed by atoms with Crippen LogP contribution in [0, 0.1) is 0 Å². The molecular weight excluding hydrogens is 486 g/mol. The van der Waals surface area contributed by atoms with Gasteiger partial charge in [-0.2, -0.15) is 4.31 Å². The van der Waals surface area contributed by atoms with E-state index in [0.29, 0.717) is 16.6 Å². The van der Waals surface area contributed by atoms with E-state index in [1.165, 1.54) is 59.7 Å². The molecule has 0 saturated heterocycles. The highest BCUT2D eigenvalue weighted by molar-refractivity contribution is 7.89. The quantitative estimate of drug-likeness (QED) is 0.381. The van der Waals surface area contributed by atoms with Crippen LogP contribution in [0.4, 0.5) is 5.13 Å². The fourth-order valence-electron chi connectivity index (χ4n) is 3.34. The number of benzene rings is 2. The predicted octanol–water partition coefficient (Wildman–Crippen LogP) is 4.47. The second-order valence-electron chi connectivity index (χ2n) is 8.18. The largest absolute Gasteiger partial charge is 0.383 e. The summed E-state index contributed by atoms with van der Waals surface area (Å²) < 4.78 is 37.4. The van der Waals surface area contributed by atoms with Crippen LogP contribution in [0.3, 0.4) is 0 Å². The Balaban J connectivity index is 1.69. The van der Waals surface area contributed by atoms with Gasteiger partial charge in [-0.1, -0.05) is 38.1 Å². The van der Waals surface area contributed by atoms with Crippen LogP contribution in [-0.4, -0.2) is 64.1 Å². The van der Waals surface area contributed by atoms with Gasteiger partial charge in [-0.25, -0.2) is 13.4 Å². The molecular formula is C25H31N3O5S2. The number of nitrogens with zero attached hydrogens (tertiary/aromatic N) is 2. The van der Waals surface area contributed by atoms with Crippen molar-refractivity contribution in [2.75, 3.05) is 45.8 Å². The van der Waals surface area contributed by atoms with E-state index in [9.17, 15) is 13.2 Å². The van der Waals surface area contributed by atoms with Crippen molar-refractivity contribution >= 4 is 32.4 Å². The molecule has 0 aliphatic carbocycles. The third-order valence-electron chi connectivity index (χ3n) is 5.44. The molecule has 0 bridgehead atoms. The topological polar surface area (TPSA) is 97.8 Å². The molecule has 0 unspecified atom stereocenters. The summed E-state index contributed by atoms with van der Waals surface area (Å²) in [6.07, 6.45) is 0. The summed E-state index contributed by atoms with van der Waals surface area (Å²) >= 11 is 1.34. The highest BCUT2D eigenvalue weighted by atomic mass is 32.2. The number of ether oxygens (including phenoxy) is 2. The Morgan fingerprint density at radius 2 is 1.60 bits per heavy atom. The average molecular weight is 518 g/mol. The van der Waals surface area contributed by atoms with Gasteiger partial charge in [0.05, 0.1) is 23.8 Å². The molecule has 10 heteroatoms. The summed E-state index contributed by atoms with van der Waals surface area (Å²) in [4.78, 5) is 17.3. The van der Waals surface area contributed by atoms with E-state index in [2.05, 4.69) is 36.3 Å². The first-order valence-corrected chi connectivity index (χ1v) is 13.5. The number of amides is 1. The van der Waals surface area contributed by atoms with Crippen LogP contribution in [0.2, 0.25) is 0 Å². The zero-order valence-electron chi connectivity index (χ0n) is 20.4. The van der Waals surface area contributed by atoms with Gasteiger partial charge in [-0.15, -0.1) is 11.3 Å². The number of carbonyl (C=O) groups excluding carboxylic acids is 1. The molecule has 1 amide bonds. The van der Waals surface area contributed by atoms with Gasteiger partial charge < -0.3 is 9.47 Å². The minimum absolute atomic E-state index is 0.0997. The molecule has 1 heterocycles. The van der Waals surface area contributed by atoms with Crippen molar-refractivity contribution in [2.24, 2.45) is 0 Å². The molecule has 0 atom stereocenters. The van der Waals surface area contributed by atoms with Crippen molar-refractivity contribution in [1.82, 2.24) is 9.29 Å². The molecule has 3 rings (SSSR count). The molecule has 0 saturated carbocycles. The van der Waals surface area contributed by atoms with E-state index in [1.807, 2.05) is 17.5 Å². The molecule has 1 aromatic heterocycles. The van der Waals surface area contributed by atoms with Gasteiger partial charge in [0, 0.05) is 43.8 Å². The Hall–Kier alpha value is -2.63. The van der Waals surface area contributed by atoms with Crippen molar-refractivity contribution < 1.29 is 22.7 Å². The molecule has 8 nitrogen and oxygen atoms in total. The molecule has 0 aliphatic heterocycles. The lowest BCUT2D eigenvalue weighted by Crippen LogP contribution is -2.36. The fraction of sp³-hybridized carbons (Fsp3) is 0.360. The van der Waals surface area contributed by atoms with E-state index < -0.39 is 10.0 Å². The number of hydrogen-bond donors (Lipinski definition) is 1. The number of hydrogen-bond acceptors (Lipinski definition) is 7. The van der Waals surface area contributed by atoms with Crippen molar-refractivity contribution in [3.63, 3.8) is 0 Å². The van der Waals surface area contributed by atoms with Crippen LogP contribution in [0.5, 0.6) is 0 Å². The average Bonchev–Trinajstić information content (AvgIpc) is 3.32. The van der Waals surface area contributed by atoms with Crippen LogP contribution in [0.1, 0.15) is 35.7 Å². The molecule has 188 valence electrons. The minimum Gasteiger partial charge on any atom is -0.383 e. The molecule has 2 aromatic carbocycles. The van der Waals surface area contributed by atoms with Crippen molar-refractivity contribution in [1.29, 1.82) is 0 Å². The van der Waals surface area contributed by atoms with Crippen LogP contribution >= 0.6 is 11.3 Å². The maximum Gasteiger partial charge on any atom is 0.257 e. The standard InChI is InChI=1S/C25H31N3O5S2/c1-18(2)19-5-7-20(8-6-19)23-17-34-25(26-23)27-24(29)21-9-11-22(12-10-21)35(30,31)28(13-15-32-3)14-16-33-4/h5-12,17-18H,13-16H2,1-4H3,(H,26,27,29). The first-order valence-electron chi connectivity index (χ1n) is 11.2. The first-order chi connectivity index (χ1) is 16.8. The summed E-state index contributed by atoms with van der Waals surface area (Å²) in [6, 6.07) is 14.1. The molecule has 35 heavy (non-hydrogen) atoms. The summed E-state index contributed by atoms with van der Waals surface area (Å²) in [5.74, 6) is 0.0927. The maximum absolute atomic E-state index is 13.0. The second-order valence-corrected chi connectivity index (χ2v) is 11.0. The van der Waals surface area contributed by atoms with Crippen molar-refractivity contribution in [2.45, 2.75) is 24.7 Å². The first kappa shape index (κ1) is 27.0. The SMILES string of the molecule is COCCN(CCOC)S(=O)(=O)c1ccc(C(=O)Nc2nc(-c3ccc(C(C)C)cc3)cs2)cc1. The second kappa shape index (κ2) is 12.4. The minimum atomic E-state index is -3.75. The van der Waals surface area contributed by atoms with E-state index in [-0.39, 0.29) is 37.1 Å². The molecule has 3 aromatic rings. The normalized spacial score (nSPS) is 11.8. The van der Waals surface area contributed by atoms with E-state index >= 15 is 0 Å². The third-order valence-corrected chi connectivity index (χ3v) is 8.11. The molecule has 0 fully saturated rings. The Kier molecular flexibility index (Phi) is 9.53. The Morgan fingerprint density at radius 1 is 1.00 bits per heavy atom. The zero-order valence-corrected chi connectivity index (χ0v) is 22.0. The number of aromatic nitrogens is 1. The van der Waals surface area contributed by atoms with Crippen molar-refractivity contribution in [3.05, 3.63) is 65.0 Å². The molecule has 0 radical (unpaired) electrons. The lowest BCUT2D eigenvalue weighted by atomic mass is 10.0. The fourth-order valence-corrected chi connectivity index (χ4v) is 5.46. The maximum atomic E-state index is 13.0. The highest BCUT2D eigenvalue weighted by Crippen LogP contribution is 2.27. The Bertz CT molecular complexity index is 1200. The number of carbonyl (C=O) groups is 1. The van der Waals surface area contributed by atoms with Gasteiger partial charge in [-0.05, 0) is 35.7 Å². The van der Waals surface area contributed by atoms with Gasteiger partial charge in [0.25, 0.3) is 5.91 Å². The van der Waals surface area contributed by atoms with Gasteiger partial charge in [0.15, 0.2) is 5.13 Å². The number of sulfonamides is 1. The van der Waals surface area contributed by atoms with Crippen LogP contribution in [-0.2, 0) is 19.5 Å². The summed E-state index contributed by atoms with van der Waals surface area (Å²) in [5, 5.41) is 5.16. The molecule has 0 aliphatic rings. The summed E-state index contributed by atoms with van der Waals surface area (Å²) in [6.45, 7) is 5.23. The number of anilines is 1. The number of rotatable bonds is 12. The number of methoxy groups -OCH3 is 2. The Morgan fingerprint density at radius 3 is 2.14 bits per heavy atom. The van der Waals surface area contributed by atoms with Crippen LogP contribution in [0.25, 0.3) is 11.3 Å². The smallest absolute Gasteiger partial charge is 0.257 e.